The summed E-state index contributed by atoms with van der Waals surface area (Å²) in [6.07, 6.45) is 2.62. The van der Waals surface area contributed by atoms with Gasteiger partial charge in [0, 0.05) is 39.8 Å². The van der Waals surface area contributed by atoms with Crippen molar-refractivity contribution in [2.75, 3.05) is 27.4 Å². The highest BCUT2D eigenvalue weighted by molar-refractivity contribution is 5.79. The number of nitrogens with zero attached hydrogens (tertiary/aromatic N) is 4. The standard InChI is InChI=1S/C22H24FN5O2/c1-24-22(27(2)14-16-3-8-20-21(13-16)30-15-29-20)25-11-9-18-10-12-28(26-18)19-6-4-17(23)5-7-19/h3-8,10,12-13H,9,11,14-15H2,1-2H3,(H,24,25). The van der Waals surface area contributed by atoms with Crippen molar-refractivity contribution in [2.45, 2.75) is 13.0 Å². The second-order valence-corrected chi connectivity index (χ2v) is 7.00. The van der Waals surface area contributed by atoms with Crippen molar-refractivity contribution in [3.63, 3.8) is 0 Å². The molecule has 0 spiro atoms. The van der Waals surface area contributed by atoms with E-state index in [1.54, 1.807) is 23.9 Å². The molecule has 1 aliphatic rings. The summed E-state index contributed by atoms with van der Waals surface area (Å²) in [5.41, 5.74) is 2.89. The average molecular weight is 409 g/mol. The lowest BCUT2D eigenvalue weighted by Crippen LogP contribution is -2.39. The van der Waals surface area contributed by atoms with Crippen molar-refractivity contribution in [3.05, 3.63) is 71.8 Å². The number of hydrogen-bond donors (Lipinski definition) is 1. The fourth-order valence-corrected chi connectivity index (χ4v) is 3.31. The van der Waals surface area contributed by atoms with Gasteiger partial charge in [0.05, 0.1) is 11.4 Å². The fraction of sp³-hybridized carbons (Fsp3) is 0.273. The van der Waals surface area contributed by atoms with Gasteiger partial charge in [-0.2, -0.15) is 5.10 Å². The third-order valence-corrected chi connectivity index (χ3v) is 4.83. The van der Waals surface area contributed by atoms with Gasteiger partial charge >= 0.3 is 0 Å². The summed E-state index contributed by atoms with van der Waals surface area (Å²) >= 11 is 0. The number of benzene rings is 2. The third-order valence-electron chi connectivity index (χ3n) is 4.83. The molecule has 3 aromatic rings. The highest BCUT2D eigenvalue weighted by Gasteiger charge is 2.14. The predicted octanol–water partition coefficient (Wildman–Crippen LogP) is 2.99. The molecule has 1 N–H and O–H groups in total. The van der Waals surface area contributed by atoms with Crippen LogP contribution in [0.2, 0.25) is 0 Å². The van der Waals surface area contributed by atoms with E-state index in [-0.39, 0.29) is 12.6 Å². The Hall–Kier alpha value is -3.55. The minimum Gasteiger partial charge on any atom is -0.454 e. The van der Waals surface area contributed by atoms with E-state index in [0.29, 0.717) is 13.1 Å². The molecule has 0 radical (unpaired) electrons. The van der Waals surface area contributed by atoms with E-state index in [1.165, 1.54) is 12.1 Å². The molecular formula is C22H24FN5O2. The first-order chi connectivity index (χ1) is 14.6. The van der Waals surface area contributed by atoms with Crippen LogP contribution in [-0.2, 0) is 13.0 Å². The Labute approximate surface area is 174 Å². The summed E-state index contributed by atoms with van der Waals surface area (Å²) < 4.78 is 25.6. The maximum Gasteiger partial charge on any atom is 0.231 e. The molecule has 8 heteroatoms. The minimum absolute atomic E-state index is 0.258. The maximum atomic E-state index is 13.1. The first kappa shape index (κ1) is 19.8. The Morgan fingerprint density at radius 2 is 1.97 bits per heavy atom. The number of ether oxygens (including phenoxy) is 2. The first-order valence-electron chi connectivity index (χ1n) is 9.73. The van der Waals surface area contributed by atoms with Gasteiger partial charge in [-0.3, -0.25) is 4.99 Å². The van der Waals surface area contributed by atoms with Gasteiger partial charge in [0.2, 0.25) is 6.79 Å². The van der Waals surface area contributed by atoms with Crippen LogP contribution in [0, 0.1) is 5.82 Å². The normalized spacial score (nSPS) is 12.8. The van der Waals surface area contributed by atoms with Crippen LogP contribution < -0.4 is 14.8 Å². The van der Waals surface area contributed by atoms with Crippen molar-refractivity contribution in [1.29, 1.82) is 0 Å². The largest absolute Gasteiger partial charge is 0.454 e. The van der Waals surface area contributed by atoms with E-state index in [9.17, 15) is 4.39 Å². The van der Waals surface area contributed by atoms with Crippen LogP contribution in [0.25, 0.3) is 5.69 Å². The monoisotopic (exact) mass is 409 g/mol. The van der Waals surface area contributed by atoms with Crippen molar-refractivity contribution in [2.24, 2.45) is 4.99 Å². The lowest BCUT2D eigenvalue weighted by molar-refractivity contribution is 0.174. The molecule has 0 fully saturated rings. The quantitative estimate of drug-likeness (QED) is 0.501. The molecule has 4 rings (SSSR count). The smallest absolute Gasteiger partial charge is 0.231 e. The average Bonchev–Trinajstić information content (AvgIpc) is 3.41. The Bertz CT molecular complexity index is 1030. The van der Waals surface area contributed by atoms with Gasteiger partial charge in [0.25, 0.3) is 0 Å². The lowest BCUT2D eigenvalue weighted by atomic mass is 10.2. The zero-order valence-corrected chi connectivity index (χ0v) is 17.0. The third kappa shape index (κ3) is 4.53. The van der Waals surface area contributed by atoms with E-state index in [4.69, 9.17) is 9.47 Å². The molecule has 7 nitrogen and oxygen atoms in total. The second-order valence-electron chi connectivity index (χ2n) is 7.00. The van der Waals surface area contributed by atoms with Gasteiger partial charge in [-0.25, -0.2) is 9.07 Å². The molecule has 0 amide bonds. The summed E-state index contributed by atoms with van der Waals surface area (Å²) in [6.45, 7) is 1.66. The van der Waals surface area contributed by atoms with Gasteiger partial charge in [0.1, 0.15) is 5.82 Å². The Balaban J connectivity index is 1.30. The Kier molecular flexibility index (Phi) is 5.83. The summed E-state index contributed by atoms with van der Waals surface area (Å²) in [5.74, 6) is 2.10. The summed E-state index contributed by atoms with van der Waals surface area (Å²) in [4.78, 5) is 6.41. The zero-order chi connectivity index (χ0) is 20.9. The Morgan fingerprint density at radius 1 is 1.17 bits per heavy atom. The number of aliphatic imine (C=N–C) groups is 1. The lowest BCUT2D eigenvalue weighted by Gasteiger charge is -2.22. The van der Waals surface area contributed by atoms with Crippen molar-refractivity contribution in [3.8, 4) is 17.2 Å². The van der Waals surface area contributed by atoms with Gasteiger partial charge in [-0.15, -0.1) is 0 Å². The van der Waals surface area contributed by atoms with E-state index in [1.807, 2.05) is 37.5 Å². The molecule has 1 aliphatic heterocycles. The zero-order valence-electron chi connectivity index (χ0n) is 17.0. The van der Waals surface area contributed by atoms with Gasteiger partial charge in [-0.1, -0.05) is 6.07 Å². The van der Waals surface area contributed by atoms with Crippen molar-refractivity contribution in [1.82, 2.24) is 20.0 Å². The minimum atomic E-state index is -0.258. The SMILES string of the molecule is CN=C(NCCc1ccn(-c2ccc(F)cc2)n1)N(C)Cc1ccc2c(c1)OCO2. The van der Waals surface area contributed by atoms with Crippen LogP contribution in [0.1, 0.15) is 11.3 Å². The molecule has 2 aromatic carbocycles. The first-order valence-corrected chi connectivity index (χ1v) is 9.73. The summed E-state index contributed by atoms with van der Waals surface area (Å²) in [7, 11) is 3.75. The van der Waals surface area contributed by atoms with Crippen LogP contribution in [0.5, 0.6) is 11.5 Å². The Morgan fingerprint density at radius 3 is 2.77 bits per heavy atom. The molecule has 0 saturated heterocycles. The summed E-state index contributed by atoms with van der Waals surface area (Å²) in [6, 6.07) is 14.2. The summed E-state index contributed by atoms with van der Waals surface area (Å²) in [5, 5.41) is 7.92. The predicted molar refractivity (Wildman–Crippen MR) is 113 cm³/mol. The molecule has 0 saturated carbocycles. The van der Waals surface area contributed by atoms with E-state index < -0.39 is 0 Å². The molecule has 0 aliphatic carbocycles. The van der Waals surface area contributed by atoms with Gasteiger partial charge in [-0.05, 0) is 48.0 Å². The van der Waals surface area contributed by atoms with E-state index in [0.717, 1.165) is 40.8 Å². The molecule has 30 heavy (non-hydrogen) atoms. The molecular weight excluding hydrogens is 385 g/mol. The number of halogens is 1. The fourth-order valence-electron chi connectivity index (χ4n) is 3.31. The highest BCUT2D eigenvalue weighted by atomic mass is 19.1. The molecule has 0 atom stereocenters. The van der Waals surface area contributed by atoms with Crippen LogP contribution in [0.4, 0.5) is 4.39 Å². The highest BCUT2D eigenvalue weighted by Crippen LogP contribution is 2.32. The van der Waals surface area contributed by atoms with Crippen molar-refractivity contribution < 1.29 is 13.9 Å². The number of nitrogens with one attached hydrogen (secondary N) is 1. The number of rotatable bonds is 6. The molecule has 2 heterocycles. The van der Waals surface area contributed by atoms with Gasteiger partial charge < -0.3 is 19.7 Å². The van der Waals surface area contributed by atoms with Crippen LogP contribution in [0.3, 0.4) is 0 Å². The molecule has 0 unspecified atom stereocenters. The number of aromatic nitrogens is 2. The number of fused-ring (bicyclic) bond motifs is 1. The molecule has 156 valence electrons. The second kappa shape index (κ2) is 8.86. The molecule has 1 aromatic heterocycles. The van der Waals surface area contributed by atoms with Gasteiger partial charge in [0.15, 0.2) is 17.5 Å². The van der Waals surface area contributed by atoms with Crippen LogP contribution in [-0.4, -0.2) is 48.1 Å². The maximum absolute atomic E-state index is 13.1. The number of guanidine groups is 1. The number of hydrogen-bond acceptors (Lipinski definition) is 4. The molecule has 0 bridgehead atoms. The van der Waals surface area contributed by atoms with Crippen LogP contribution in [0.15, 0.2) is 59.7 Å². The van der Waals surface area contributed by atoms with Crippen molar-refractivity contribution >= 4 is 5.96 Å². The van der Waals surface area contributed by atoms with E-state index >= 15 is 0 Å². The topological polar surface area (TPSA) is 63.9 Å². The van der Waals surface area contributed by atoms with Crippen LogP contribution >= 0.6 is 0 Å². The van der Waals surface area contributed by atoms with E-state index in [2.05, 4.69) is 20.3 Å².